The second-order valence-corrected chi connectivity index (χ2v) is 6.49. The van der Waals surface area contributed by atoms with Gasteiger partial charge in [-0.3, -0.25) is 4.79 Å². The molecule has 1 saturated heterocycles. The van der Waals surface area contributed by atoms with Gasteiger partial charge in [0.15, 0.2) is 0 Å². The number of aryl methyl sites for hydroxylation is 1. The molecule has 0 saturated carbocycles. The zero-order chi connectivity index (χ0) is 14.8. The van der Waals surface area contributed by atoms with Crippen LogP contribution in [0.1, 0.15) is 31.9 Å². The fourth-order valence-corrected chi connectivity index (χ4v) is 2.29. The maximum atomic E-state index is 11.4. The van der Waals surface area contributed by atoms with Crippen molar-refractivity contribution >= 4 is 11.6 Å². The monoisotopic (exact) mass is 275 g/mol. The first kappa shape index (κ1) is 14.9. The minimum absolute atomic E-state index is 0.104. The van der Waals surface area contributed by atoms with Gasteiger partial charge in [0.1, 0.15) is 0 Å². The van der Waals surface area contributed by atoms with Crippen molar-refractivity contribution in [3.05, 3.63) is 29.3 Å². The highest BCUT2D eigenvalue weighted by Gasteiger charge is 2.17. The maximum Gasteiger partial charge on any atom is 0.239 e. The largest absolute Gasteiger partial charge is 0.360 e. The van der Waals surface area contributed by atoms with E-state index in [-0.39, 0.29) is 11.4 Å². The topological polar surface area (TPSA) is 44.4 Å². The number of piperazine rings is 1. The van der Waals surface area contributed by atoms with Crippen LogP contribution in [0.4, 0.5) is 5.69 Å². The van der Waals surface area contributed by atoms with E-state index in [1.54, 1.807) is 0 Å². The van der Waals surface area contributed by atoms with E-state index in [4.69, 9.17) is 0 Å². The molecule has 0 unspecified atom stereocenters. The van der Waals surface area contributed by atoms with E-state index < -0.39 is 0 Å². The Morgan fingerprint density at radius 2 is 2.10 bits per heavy atom. The van der Waals surface area contributed by atoms with Crippen molar-refractivity contribution in [2.24, 2.45) is 0 Å². The standard InChI is InChI=1S/C16H25N3O/c1-12-9-14(19-8-7-17-15(20)11-19)6-5-13(12)10-18-16(2,3)4/h5-6,9,18H,7-8,10-11H2,1-4H3,(H,17,20). The molecule has 1 aliphatic heterocycles. The van der Waals surface area contributed by atoms with E-state index in [0.29, 0.717) is 6.54 Å². The molecule has 0 radical (unpaired) electrons. The summed E-state index contributed by atoms with van der Waals surface area (Å²) >= 11 is 0. The summed E-state index contributed by atoms with van der Waals surface area (Å²) in [7, 11) is 0. The van der Waals surface area contributed by atoms with Crippen LogP contribution in [0, 0.1) is 6.92 Å². The normalized spacial score (nSPS) is 16.2. The third-order valence-corrected chi connectivity index (χ3v) is 3.54. The van der Waals surface area contributed by atoms with E-state index in [9.17, 15) is 4.79 Å². The molecular weight excluding hydrogens is 250 g/mol. The molecule has 20 heavy (non-hydrogen) atoms. The van der Waals surface area contributed by atoms with Crippen molar-refractivity contribution in [1.29, 1.82) is 0 Å². The lowest BCUT2D eigenvalue weighted by Gasteiger charge is -2.29. The van der Waals surface area contributed by atoms with Crippen LogP contribution in [0.15, 0.2) is 18.2 Å². The Morgan fingerprint density at radius 1 is 1.35 bits per heavy atom. The quantitative estimate of drug-likeness (QED) is 0.884. The van der Waals surface area contributed by atoms with Gasteiger partial charge < -0.3 is 15.5 Å². The van der Waals surface area contributed by atoms with Gasteiger partial charge in [0.25, 0.3) is 0 Å². The van der Waals surface area contributed by atoms with Crippen molar-refractivity contribution in [3.8, 4) is 0 Å². The number of anilines is 1. The van der Waals surface area contributed by atoms with Crippen molar-refractivity contribution in [2.75, 3.05) is 24.5 Å². The number of hydrogen-bond donors (Lipinski definition) is 2. The van der Waals surface area contributed by atoms with Crippen molar-refractivity contribution in [2.45, 2.75) is 39.8 Å². The van der Waals surface area contributed by atoms with Crippen LogP contribution in [0.5, 0.6) is 0 Å². The highest BCUT2D eigenvalue weighted by molar-refractivity contribution is 5.82. The van der Waals surface area contributed by atoms with Gasteiger partial charge in [0, 0.05) is 30.9 Å². The summed E-state index contributed by atoms with van der Waals surface area (Å²) in [6, 6.07) is 6.46. The Balaban J connectivity index is 2.07. The van der Waals surface area contributed by atoms with Crippen LogP contribution in [0.2, 0.25) is 0 Å². The molecule has 1 amide bonds. The first-order valence-corrected chi connectivity index (χ1v) is 7.21. The van der Waals surface area contributed by atoms with Gasteiger partial charge in [-0.2, -0.15) is 0 Å². The molecule has 0 bridgehead atoms. The van der Waals surface area contributed by atoms with Crippen LogP contribution in [0.25, 0.3) is 0 Å². The van der Waals surface area contributed by atoms with Crippen molar-refractivity contribution < 1.29 is 4.79 Å². The second-order valence-electron chi connectivity index (χ2n) is 6.49. The zero-order valence-electron chi connectivity index (χ0n) is 12.9. The number of carbonyl (C=O) groups is 1. The molecule has 0 atom stereocenters. The highest BCUT2D eigenvalue weighted by Crippen LogP contribution is 2.20. The number of nitrogens with zero attached hydrogens (tertiary/aromatic N) is 1. The molecule has 0 spiro atoms. The van der Waals surface area contributed by atoms with Crippen LogP contribution in [0.3, 0.4) is 0 Å². The molecular formula is C16H25N3O. The number of hydrogen-bond acceptors (Lipinski definition) is 3. The van der Waals surface area contributed by atoms with E-state index in [1.165, 1.54) is 11.1 Å². The Labute approximate surface area is 121 Å². The molecule has 0 aliphatic carbocycles. The molecule has 2 rings (SSSR count). The van der Waals surface area contributed by atoms with Crippen LogP contribution in [-0.4, -0.2) is 31.1 Å². The summed E-state index contributed by atoms with van der Waals surface area (Å²) in [5.74, 6) is 0.104. The second kappa shape index (κ2) is 5.83. The van der Waals surface area contributed by atoms with E-state index in [0.717, 1.165) is 25.3 Å². The number of nitrogens with one attached hydrogen (secondary N) is 2. The highest BCUT2D eigenvalue weighted by atomic mass is 16.2. The smallest absolute Gasteiger partial charge is 0.239 e. The van der Waals surface area contributed by atoms with Gasteiger partial charge in [-0.25, -0.2) is 0 Å². The Bertz CT molecular complexity index is 491. The van der Waals surface area contributed by atoms with Gasteiger partial charge in [-0.15, -0.1) is 0 Å². The molecule has 4 nitrogen and oxygen atoms in total. The van der Waals surface area contributed by atoms with Gasteiger partial charge >= 0.3 is 0 Å². The summed E-state index contributed by atoms with van der Waals surface area (Å²) in [5.41, 5.74) is 3.84. The Morgan fingerprint density at radius 3 is 2.70 bits per heavy atom. The summed E-state index contributed by atoms with van der Waals surface area (Å²) in [6.07, 6.45) is 0. The first-order chi connectivity index (χ1) is 9.35. The van der Waals surface area contributed by atoms with Crippen LogP contribution in [-0.2, 0) is 11.3 Å². The van der Waals surface area contributed by atoms with Crippen molar-refractivity contribution in [1.82, 2.24) is 10.6 Å². The molecule has 110 valence electrons. The molecule has 4 heteroatoms. The summed E-state index contributed by atoms with van der Waals surface area (Å²) < 4.78 is 0. The third-order valence-electron chi connectivity index (χ3n) is 3.54. The van der Waals surface area contributed by atoms with E-state index in [1.807, 2.05) is 0 Å². The minimum atomic E-state index is 0.104. The zero-order valence-corrected chi connectivity index (χ0v) is 12.9. The number of benzene rings is 1. The Kier molecular flexibility index (Phi) is 4.33. The molecule has 1 heterocycles. The van der Waals surface area contributed by atoms with Gasteiger partial charge in [-0.1, -0.05) is 6.07 Å². The van der Waals surface area contributed by atoms with E-state index in [2.05, 4.69) is 61.4 Å². The minimum Gasteiger partial charge on any atom is -0.360 e. The summed E-state index contributed by atoms with van der Waals surface area (Å²) in [5, 5.41) is 6.36. The average Bonchev–Trinajstić information content (AvgIpc) is 2.36. The fraction of sp³-hybridized carbons (Fsp3) is 0.562. The predicted octanol–water partition coefficient (Wildman–Crippen LogP) is 1.82. The number of carbonyl (C=O) groups excluding carboxylic acids is 1. The maximum absolute atomic E-state index is 11.4. The van der Waals surface area contributed by atoms with Crippen LogP contribution < -0.4 is 15.5 Å². The molecule has 0 aromatic heterocycles. The SMILES string of the molecule is Cc1cc(N2CCNC(=O)C2)ccc1CNC(C)(C)C. The lowest BCUT2D eigenvalue weighted by molar-refractivity contribution is -0.120. The van der Waals surface area contributed by atoms with Crippen LogP contribution >= 0.6 is 0 Å². The Hall–Kier alpha value is -1.55. The average molecular weight is 275 g/mol. The van der Waals surface area contributed by atoms with Crippen molar-refractivity contribution in [3.63, 3.8) is 0 Å². The van der Waals surface area contributed by atoms with Gasteiger partial charge in [-0.05, 0) is 51.0 Å². The lowest BCUT2D eigenvalue weighted by atomic mass is 10.0. The van der Waals surface area contributed by atoms with Gasteiger partial charge in [0.05, 0.1) is 6.54 Å². The predicted molar refractivity (Wildman–Crippen MR) is 83.0 cm³/mol. The molecule has 2 N–H and O–H groups in total. The first-order valence-electron chi connectivity index (χ1n) is 7.21. The lowest BCUT2D eigenvalue weighted by Crippen LogP contribution is -2.47. The third kappa shape index (κ3) is 3.97. The summed E-state index contributed by atoms with van der Waals surface area (Å²) in [4.78, 5) is 13.6. The summed E-state index contributed by atoms with van der Waals surface area (Å²) in [6.45, 7) is 11.6. The van der Waals surface area contributed by atoms with E-state index >= 15 is 0 Å². The number of rotatable bonds is 3. The molecule has 1 fully saturated rings. The fourth-order valence-electron chi connectivity index (χ4n) is 2.29. The van der Waals surface area contributed by atoms with Gasteiger partial charge in [0.2, 0.25) is 5.91 Å². The number of amides is 1. The molecule has 1 aromatic rings. The molecule has 1 aliphatic rings. The molecule has 1 aromatic carbocycles.